The molecule has 2 aromatic heterocycles. The molecule has 23 heavy (non-hydrogen) atoms. The maximum atomic E-state index is 13.6. The predicted molar refractivity (Wildman–Crippen MR) is 84.9 cm³/mol. The molecular weight excluding hydrogens is 295 g/mol. The van der Waals surface area contributed by atoms with Crippen LogP contribution < -0.4 is 5.32 Å². The number of rotatable bonds is 6. The molecule has 6 heteroatoms. The molecule has 0 bridgehead atoms. The summed E-state index contributed by atoms with van der Waals surface area (Å²) in [6.07, 6.45) is 4.29. The number of benzene rings is 1. The van der Waals surface area contributed by atoms with E-state index in [9.17, 15) is 9.50 Å². The number of H-pyrrole nitrogens is 1. The lowest BCUT2D eigenvalue weighted by Crippen LogP contribution is -2.21. The van der Waals surface area contributed by atoms with Crippen molar-refractivity contribution in [3.8, 4) is 11.3 Å². The fourth-order valence-electron chi connectivity index (χ4n) is 2.40. The second-order valence-corrected chi connectivity index (χ2v) is 5.18. The highest BCUT2D eigenvalue weighted by molar-refractivity contribution is 5.61. The summed E-state index contributed by atoms with van der Waals surface area (Å²) in [5.41, 5.74) is 3.07. The Morgan fingerprint density at radius 1 is 1.17 bits per heavy atom. The van der Waals surface area contributed by atoms with Gasteiger partial charge in [-0.15, -0.1) is 0 Å². The minimum atomic E-state index is -0.898. The van der Waals surface area contributed by atoms with Gasteiger partial charge in [-0.25, -0.2) is 4.39 Å². The van der Waals surface area contributed by atoms with Crippen molar-refractivity contribution in [2.45, 2.75) is 12.6 Å². The Morgan fingerprint density at radius 2 is 2.04 bits per heavy atom. The second-order valence-electron chi connectivity index (χ2n) is 5.18. The molecule has 3 aromatic rings. The summed E-state index contributed by atoms with van der Waals surface area (Å²) < 4.78 is 13.6. The molecule has 2 heterocycles. The number of halogens is 1. The minimum absolute atomic E-state index is 0.249. The van der Waals surface area contributed by atoms with Crippen LogP contribution in [0.25, 0.3) is 11.3 Å². The summed E-state index contributed by atoms with van der Waals surface area (Å²) in [4.78, 5) is 4.09. The number of hydrogen-bond donors (Lipinski definition) is 3. The lowest BCUT2D eigenvalue weighted by Gasteiger charge is -2.13. The van der Waals surface area contributed by atoms with Crippen LogP contribution in [0.15, 0.2) is 55.0 Å². The van der Waals surface area contributed by atoms with E-state index < -0.39 is 11.9 Å². The highest BCUT2D eigenvalue weighted by atomic mass is 19.1. The summed E-state index contributed by atoms with van der Waals surface area (Å²) in [6.45, 7) is 0.755. The van der Waals surface area contributed by atoms with Crippen molar-refractivity contribution < 1.29 is 9.50 Å². The molecule has 1 atom stereocenters. The highest BCUT2D eigenvalue weighted by Gasteiger charge is 2.13. The molecule has 0 unspecified atom stereocenters. The van der Waals surface area contributed by atoms with Gasteiger partial charge in [-0.1, -0.05) is 18.2 Å². The van der Waals surface area contributed by atoms with Crippen LogP contribution in [0, 0.1) is 5.82 Å². The van der Waals surface area contributed by atoms with Crippen molar-refractivity contribution in [3.05, 3.63) is 71.9 Å². The summed E-state index contributed by atoms with van der Waals surface area (Å²) in [6, 6.07) is 10.0. The normalized spacial score (nSPS) is 12.3. The number of aliphatic hydroxyl groups excluding tert-OH is 1. The van der Waals surface area contributed by atoms with Crippen LogP contribution in [-0.4, -0.2) is 26.8 Å². The van der Waals surface area contributed by atoms with E-state index >= 15 is 0 Å². The second kappa shape index (κ2) is 7.13. The monoisotopic (exact) mass is 312 g/mol. The Labute approximate surface area is 133 Å². The van der Waals surface area contributed by atoms with Crippen LogP contribution in [0.3, 0.4) is 0 Å². The Bertz CT molecular complexity index is 760. The molecule has 3 rings (SSSR count). The molecule has 0 saturated carbocycles. The van der Waals surface area contributed by atoms with Crippen LogP contribution in [-0.2, 0) is 6.54 Å². The van der Waals surface area contributed by atoms with E-state index in [4.69, 9.17) is 0 Å². The molecule has 0 spiro atoms. The summed E-state index contributed by atoms with van der Waals surface area (Å²) >= 11 is 0. The van der Waals surface area contributed by atoms with Crippen molar-refractivity contribution >= 4 is 0 Å². The van der Waals surface area contributed by atoms with Crippen LogP contribution in [0.1, 0.15) is 17.2 Å². The number of pyridine rings is 1. The molecule has 0 aliphatic heterocycles. The number of nitrogens with one attached hydrogen (secondary N) is 2. The first kappa shape index (κ1) is 15.3. The first-order valence-electron chi connectivity index (χ1n) is 7.31. The van der Waals surface area contributed by atoms with Crippen LogP contribution >= 0.6 is 0 Å². The fraction of sp³-hybridized carbons (Fsp3) is 0.176. The van der Waals surface area contributed by atoms with E-state index in [-0.39, 0.29) is 6.54 Å². The minimum Gasteiger partial charge on any atom is -0.387 e. The van der Waals surface area contributed by atoms with Gasteiger partial charge in [-0.2, -0.15) is 5.10 Å². The molecule has 0 amide bonds. The third-order valence-corrected chi connectivity index (χ3v) is 3.59. The van der Waals surface area contributed by atoms with Gasteiger partial charge >= 0.3 is 0 Å². The van der Waals surface area contributed by atoms with E-state index in [2.05, 4.69) is 20.5 Å². The molecule has 118 valence electrons. The zero-order valence-corrected chi connectivity index (χ0v) is 12.4. The molecule has 0 fully saturated rings. The average molecular weight is 312 g/mol. The molecule has 0 radical (unpaired) electrons. The van der Waals surface area contributed by atoms with Gasteiger partial charge in [0.2, 0.25) is 0 Å². The number of aromatic nitrogens is 3. The molecule has 5 nitrogen and oxygen atoms in total. The standard InChI is InChI=1S/C17H17FN4O/c18-15-6-2-1-5-14(15)16(23)11-20-9-13-10-21-22-17(13)12-4-3-7-19-8-12/h1-8,10,16,20,23H,9,11H2,(H,21,22)/t16-/m1/s1. The van der Waals surface area contributed by atoms with Crippen LogP contribution in [0.4, 0.5) is 4.39 Å². The molecule has 1 aromatic carbocycles. The van der Waals surface area contributed by atoms with Crippen molar-refractivity contribution in [1.29, 1.82) is 0 Å². The Balaban J connectivity index is 1.62. The van der Waals surface area contributed by atoms with Crippen molar-refractivity contribution in [2.24, 2.45) is 0 Å². The van der Waals surface area contributed by atoms with Gasteiger partial charge < -0.3 is 10.4 Å². The first-order valence-corrected chi connectivity index (χ1v) is 7.31. The van der Waals surface area contributed by atoms with Crippen molar-refractivity contribution in [2.75, 3.05) is 6.54 Å². The topological polar surface area (TPSA) is 73.8 Å². The van der Waals surface area contributed by atoms with Crippen molar-refractivity contribution in [1.82, 2.24) is 20.5 Å². The van der Waals surface area contributed by atoms with E-state index in [1.54, 1.807) is 36.8 Å². The van der Waals surface area contributed by atoms with Crippen LogP contribution in [0.5, 0.6) is 0 Å². The Morgan fingerprint density at radius 3 is 2.83 bits per heavy atom. The van der Waals surface area contributed by atoms with Gasteiger partial charge in [0.25, 0.3) is 0 Å². The highest BCUT2D eigenvalue weighted by Crippen LogP contribution is 2.20. The smallest absolute Gasteiger partial charge is 0.129 e. The van der Waals surface area contributed by atoms with Gasteiger partial charge in [0.05, 0.1) is 18.0 Å². The third kappa shape index (κ3) is 3.61. The summed E-state index contributed by atoms with van der Waals surface area (Å²) in [5.74, 6) is -0.402. The van der Waals surface area contributed by atoms with Crippen molar-refractivity contribution in [3.63, 3.8) is 0 Å². The lowest BCUT2D eigenvalue weighted by molar-refractivity contribution is 0.169. The maximum Gasteiger partial charge on any atom is 0.129 e. The summed E-state index contributed by atoms with van der Waals surface area (Å²) in [5, 5.41) is 20.2. The zero-order chi connectivity index (χ0) is 16.1. The van der Waals surface area contributed by atoms with E-state index in [0.29, 0.717) is 12.1 Å². The number of nitrogens with zero attached hydrogens (tertiary/aromatic N) is 2. The van der Waals surface area contributed by atoms with Gasteiger partial charge in [-0.3, -0.25) is 10.1 Å². The molecule has 0 saturated heterocycles. The Hall–Kier alpha value is -2.57. The lowest BCUT2D eigenvalue weighted by atomic mass is 10.1. The Kier molecular flexibility index (Phi) is 4.75. The van der Waals surface area contributed by atoms with Gasteiger partial charge in [0, 0.05) is 42.2 Å². The quantitative estimate of drug-likeness (QED) is 0.653. The van der Waals surface area contributed by atoms with E-state index in [1.165, 1.54) is 6.07 Å². The summed E-state index contributed by atoms with van der Waals surface area (Å²) in [7, 11) is 0. The largest absolute Gasteiger partial charge is 0.387 e. The molecule has 0 aliphatic carbocycles. The predicted octanol–water partition coefficient (Wildman–Crippen LogP) is 2.43. The molecular formula is C17H17FN4O. The SMILES string of the molecule is O[C@H](CNCc1cn[nH]c1-c1cccnc1)c1ccccc1F. The van der Waals surface area contributed by atoms with Gasteiger partial charge in [0.15, 0.2) is 0 Å². The maximum absolute atomic E-state index is 13.6. The first-order chi connectivity index (χ1) is 11.3. The third-order valence-electron chi connectivity index (χ3n) is 3.59. The fourth-order valence-corrected chi connectivity index (χ4v) is 2.40. The number of aliphatic hydroxyl groups is 1. The number of aromatic amines is 1. The average Bonchev–Trinajstić information content (AvgIpc) is 3.04. The van der Waals surface area contributed by atoms with E-state index in [1.807, 2.05) is 12.1 Å². The molecule has 3 N–H and O–H groups in total. The van der Waals surface area contributed by atoms with Gasteiger partial charge in [-0.05, 0) is 18.2 Å². The van der Waals surface area contributed by atoms with Gasteiger partial charge in [0.1, 0.15) is 5.82 Å². The zero-order valence-electron chi connectivity index (χ0n) is 12.4. The van der Waals surface area contributed by atoms with Crippen LogP contribution in [0.2, 0.25) is 0 Å². The van der Waals surface area contributed by atoms with E-state index in [0.717, 1.165) is 16.8 Å². The molecule has 0 aliphatic rings. The number of hydrogen-bond acceptors (Lipinski definition) is 4.